The zero-order chi connectivity index (χ0) is 13.8. The van der Waals surface area contributed by atoms with E-state index in [0.29, 0.717) is 15.8 Å². The van der Waals surface area contributed by atoms with E-state index in [1.54, 1.807) is 0 Å². The van der Waals surface area contributed by atoms with Crippen molar-refractivity contribution in [3.05, 3.63) is 52.4 Å². The topological polar surface area (TPSA) is 48.4 Å². The van der Waals surface area contributed by atoms with Crippen LogP contribution in [0.25, 0.3) is 0 Å². The van der Waals surface area contributed by atoms with Crippen LogP contribution in [-0.2, 0) is 4.74 Å². The Balaban J connectivity index is 2.17. The minimum absolute atomic E-state index is 0.131. The molecule has 98 valence electrons. The summed E-state index contributed by atoms with van der Waals surface area (Å²) >= 11 is 3.11. The van der Waals surface area contributed by atoms with Crippen LogP contribution in [0.1, 0.15) is 10.4 Å². The van der Waals surface area contributed by atoms with Crippen molar-refractivity contribution in [2.45, 2.75) is 0 Å². The number of carbonyl (C=O) groups excluding carboxylic acids is 1. The predicted octanol–water partition coefficient (Wildman–Crippen LogP) is 3.56. The van der Waals surface area contributed by atoms with E-state index in [1.165, 1.54) is 43.6 Å². The summed E-state index contributed by atoms with van der Waals surface area (Å²) in [5.74, 6) is -0.777. The molecule has 0 amide bonds. The Labute approximate surface area is 117 Å². The van der Waals surface area contributed by atoms with Gasteiger partial charge in [0.25, 0.3) is 5.88 Å². The van der Waals surface area contributed by atoms with Gasteiger partial charge in [-0.05, 0) is 46.3 Å². The fourth-order valence-electron chi connectivity index (χ4n) is 1.37. The second-order valence-corrected chi connectivity index (χ2v) is 4.47. The SMILES string of the molecule is COC(=O)c1ccc(Oc2ncc(Br)cc2F)cc1. The first-order valence-corrected chi connectivity index (χ1v) is 6.06. The third kappa shape index (κ3) is 3.29. The van der Waals surface area contributed by atoms with Crippen LogP contribution in [0, 0.1) is 5.82 Å². The highest BCUT2D eigenvalue weighted by Gasteiger charge is 2.09. The van der Waals surface area contributed by atoms with Gasteiger partial charge in [-0.15, -0.1) is 0 Å². The van der Waals surface area contributed by atoms with Crippen molar-refractivity contribution in [3.63, 3.8) is 0 Å². The quantitative estimate of drug-likeness (QED) is 0.809. The lowest BCUT2D eigenvalue weighted by molar-refractivity contribution is 0.0600. The average Bonchev–Trinajstić information content (AvgIpc) is 2.42. The fraction of sp³-hybridized carbons (Fsp3) is 0.0769. The lowest BCUT2D eigenvalue weighted by Crippen LogP contribution is -2.00. The summed E-state index contributed by atoms with van der Waals surface area (Å²) in [5.41, 5.74) is 0.388. The van der Waals surface area contributed by atoms with Crippen LogP contribution in [0.5, 0.6) is 11.6 Å². The Morgan fingerprint density at radius 1 is 1.32 bits per heavy atom. The molecule has 0 fully saturated rings. The Kier molecular flexibility index (Phi) is 4.11. The molecular weight excluding hydrogens is 317 g/mol. The molecule has 2 rings (SSSR count). The summed E-state index contributed by atoms with van der Waals surface area (Å²) in [6.45, 7) is 0. The molecule has 1 aromatic heterocycles. The predicted molar refractivity (Wildman–Crippen MR) is 69.8 cm³/mol. The van der Waals surface area contributed by atoms with E-state index in [0.717, 1.165) is 0 Å². The molecule has 2 aromatic rings. The van der Waals surface area contributed by atoms with Gasteiger partial charge in [-0.25, -0.2) is 14.2 Å². The van der Waals surface area contributed by atoms with Gasteiger partial charge >= 0.3 is 5.97 Å². The van der Waals surface area contributed by atoms with Gasteiger partial charge < -0.3 is 9.47 Å². The van der Waals surface area contributed by atoms with Gasteiger partial charge in [-0.1, -0.05) is 0 Å². The van der Waals surface area contributed by atoms with Crippen LogP contribution < -0.4 is 4.74 Å². The summed E-state index contributed by atoms with van der Waals surface area (Å²) in [4.78, 5) is 15.0. The molecule has 0 spiro atoms. The minimum atomic E-state index is -0.577. The summed E-state index contributed by atoms with van der Waals surface area (Å²) in [5, 5.41) is 0. The second kappa shape index (κ2) is 5.79. The first-order valence-electron chi connectivity index (χ1n) is 5.27. The number of halogens is 2. The van der Waals surface area contributed by atoms with Gasteiger partial charge in [0.15, 0.2) is 5.82 Å². The summed E-state index contributed by atoms with van der Waals surface area (Å²) in [6, 6.07) is 7.38. The third-order valence-electron chi connectivity index (χ3n) is 2.26. The van der Waals surface area contributed by atoms with Crippen molar-refractivity contribution < 1.29 is 18.7 Å². The van der Waals surface area contributed by atoms with E-state index in [9.17, 15) is 9.18 Å². The van der Waals surface area contributed by atoms with Gasteiger partial charge in [0.2, 0.25) is 0 Å². The number of nitrogens with zero attached hydrogens (tertiary/aromatic N) is 1. The Bertz CT molecular complexity index is 601. The lowest BCUT2D eigenvalue weighted by Gasteiger charge is -2.06. The number of methoxy groups -OCH3 is 1. The van der Waals surface area contributed by atoms with Crippen LogP contribution in [0.2, 0.25) is 0 Å². The van der Waals surface area contributed by atoms with Crippen molar-refractivity contribution >= 4 is 21.9 Å². The fourth-order valence-corrected chi connectivity index (χ4v) is 1.67. The van der Waals surface area contributed by atoms with Crippen LogP contribution in [0.4, 0.5) is 4.39 Å². The number of rotatable bonds is 3. The zero-order valence-electron chi connectivity index (χ0n) is 9.89. The molecule has 1 heterocycles. The van der Waals surface area contributed by atoms with Crippen molar-refractivity contribution in [2.75, 3.05) is 7.11 Å². The Morgan fingerprint density at radius 2 is 2.00 bits per heavy atom. The highest BCUT2D eigenvalue weighted by Crippen LogP contribution is 2.24. The van der Waals surface area contributed by atoms with Gasteiger partial charge in [0, 0.05) is 10.7 Å². The summed E-state index contributed by atoms with van der Waals surface area (Å²) < 4.78 is 23.9. The molecule has 0 aliphatic rings. The van der Waals surface area contributed by atoms with Gasteiger partial charge in [0.1, 0.15) is 5.75 Å². The molecule has 0 aliphatic carbocycles. The maximum atomic E-state index is 13.5. The first-order chi connectivity index (χ1) is 9.10. The van der Waals surface area contributed by atoms with E-state index in [4.69, 9.17) is 4.74 Å². The number of hydrogen-bond acceptors (Lipinski definition) is 4. The molecule has 0 unspecified atom stereocenters. The summed E-state index contributed by atoms with van der Waals surface area (Å²) in [6.07, 6.45) is 1.43. The zero-order valence-corrected chi connectivity index (χ0v) is 11.5. The molecule has 0 radical (unpaired) electrons. The molecule has 19 heavy (non-hydrogen) atoms. The largest absolute Gasteiger partial charge is 0.465 e. The van der Waals surface area contributed by atoms with Gasteiger partial charge in [-0.2, -0.15) is 0 Å². The maximum absolute atomic E-state index is 13.5. The van der Waals surface area contributed by atoms with E-state index in [2.05, 4.69) is 25.7 Å². The molecule has 0 saturated carbocycles. The minimum Gasteiger partial charge on any atom is -0.465 e. The highest BCUT2D eigenvalue weighted by molar-refractivity contribution is 9.10. The number of ether oxygens (including phenoxy) is 2. The average molecular weight is 326 g/mol. The Hall–Kier alpha value is -1.95. The molecule has 0 bridgehead atoms. The Morgan fingerprint density at radius 3 is 2.58 bits per heavy atom. The molecule has 6 heteroatoms. The molecule has 0 atom stereocenters. The van der Waals surface area contributed by atoms with Crippen LogP contribution >= 0.6 is 15.9 Å². The van der Waals surface area contributed by atoms with Crippen molar-refractivity contribution in [3.8, 4) is 11.6 Å². The number of aromatic nitrogens is 1. The first kappa shape index (κ1) is 13.5. The second-order valence-electron chi connectivity index (χ2n) is 3.56. The normalized spacial score (nSPS) is 10.1. The van der Waals surface area contributed by atoms with Crippen molar-refractivity contribution in [2.24, 2.45) is 0 Å². The third-order valence-corrected chi connectivity index (χ3v) is 2.70. The molecule has 0 aliphatic heterocycles. The van der Waals surface area contributed by atoms with Crippen LogP contribution in [-0.4, -0.2) is 18.1 Å². The van der Waals surface area contributed by atoms with Crippen molar-refractivity contribution in [1.82, 2.24) is 4.98 Å². The monoisotopic (exact) mass is 325 g/mol. The van der Waals surface area contributed by atoms with Crippen molar-refractivity contribution in [1.29, 1.82) is 0 Å². The molecule has 0 saturated heterocycles. The summed E-state index contributed by atoms with van der Waals surface area (Å²) in [7, 11) is 1.30. The highest BCUT2D eigenvalue weighted by atomic mass is 79.9. The van der Waals surface area contributed by atoms with Crippen LogP contribution in [0.3, 0.4) is 0 Å². The molecule has 1 aromatic carbocycles. The van der Waals surface area contributed by atoms with Crippen LogP contribution in [0.15, 0.2) is 41.0 Å². The smallest absolute Gasteiger partial charge is 0.337 e. The number of carbonyl (C=O) groups is 1. The van der Waals surface area contributed by atoms with Gasteiger partial charge in [0.05, 0.1) is 12.7 Å². The van der Waals surface area contributed by atoms with E-state index in [1.807, 2.05) is 0 Å². The number of esters is 1. The van der Waals surface area contributed by atoms with E-state index >= 15 is 0 Å². The molecular formula is C13H9BrFNO3. The number of pyridine rings is 1. The van der Waals surface area contributed by atoms with E-state index < -0.39 is 11.8 Å². The molecule has 0 N–H and O–H groups in total. The standard InChI is InChI=1S/C13H9BrFNO3/c1-18-13(17)8-2-4-10(5-3-8)19-12-11(15)6-9(14)7-16-12/h2-7H,1H3. The lowest BCUT2D eigenvalue weighted by atomic mass is 10.2. The number of hydrogen-bond donors (Lipinski definition) is 0. The van der Waals surface area contributed by atoms with Gasteiger partial charge in [-0.3, -0.25) is 0 Å². The molecule has 4 nitrogen and oxygen atoms in total. The number of benzene rings is 1. The maximum Gasteiger partial charge on any atom is 0.337 e. The van der Waals surface area contributed by atoms with E-state index in [-0.39, 0.29) is 5.88 Å².